The minimum Gasteiger partial charge on any atom is -0.507 e. The van der Waals surface area contributed by atoms with E-state index in [0.717, 1.165) is 16.5 Å². The molecule has 0 atom stereocenters. The Bertz CT molecular complexity index is 1120. The molecule has 0 amide bonds. The number of aromatic hydroxyl groups is 1. The Morgan fingerprint density at radius 2 is 2.15 bits per heavy atom. The van der Waals surface area contributed by atoms with Gasteiger partial charge in [0.05, 0.1) is 5.52 Å². The van der Waals surface area contributed by atoms with Gasteiger partial charge in [0, 0.05) is 36.6 Å². The number of phenolic OH excluding ortho intramolecular Hbond substituents is 1. The Balaban J connectivity index is 2.53. The summed E-state index contributed by atoms with van der Waals surface area (Å²) in [5.74, 6) is 0.142. The van der Waals surface area contributed by atoms with E-state index in [1.807, 2.05) is 50.3 Å². The van der Waals surface area contributed by atoms with E-state index in [1.165, 1.54) is 0 Å². The molecule has 5 nitrogen and oxygen atoms in total. The van der Waals surface area contributed by atoms with E-state index < -0.39 is 0 Å². The highest BCUT2D eigenvalue weighted by molar-refractivity contribution is 6.12. The number of nitrogens with zero attached hydrogens (tertiary/aromatic N) is 2. The Morgan fingerprint density at radius 3 is 2.85 bits per heavy atom. The lowest BCUT2D eigenvalue weighted by atomic mass is 9.94. The number of rotatable bonds is 4. The second-order valence-corrected chi connectivity index (χ2v) is 6.33. The molecule has 0 saturated heterocycles. The van der Waals surface area contributed by atoms with Crippen molar-refractivity contribution in [1.29, 1.82) is 0 Å². The fourth-order valence-corrected chi connectivity index (χ4v) is 3.06. The Morgan fingerprint density at radius 1 is 1.38 bits per heavy atom. The van der Waals surface area contributed by atoms with Gasteiger partial charge < -0.3 is 15.0 Å². The van der Waals surface area contributed by atoms with Gasteiger partial charge in [-0.2, -0.15) is 0 Å². The van der Waals surface area contributed by atoms with Crippen LogP contribution in [0.4, 0.5) is 0 Å². The van der Waals surface area contributed by atoms with Crippen LogP contribution in [0, 0.1) is 6.92 Å². The second kappa shape index (κ2) is 6.88. The van der Waals surface area contributed by atoms with E-state index in [4.69, 9.17) is 0 Å². The van der Waals surface area contributed by atoms with Gasteiger partial charge in [-0.3, -0.25) is 9.78 Å². The highest BCUT2D eigenvalue weighted by atomic mass is 16.3. The molecule has 0 aliphatic heterocycles. The average molecular weight is 347 g/mol. The summed E-state index contributed by atoms with van der Waals surface area (Å²) in [6, 6.07) is 5.30. The quantitative estimate of drug-likeness (QED) is 0.557. The van der Waals surface area contributed by atoms with E-state index in [9.17, 15) is 9.90 Å². The first-order chi connectivity index (χ1) is 12.4. The molecule has 0 unspecified atom stereocenters. The number of allylic oxidation sites excluding steroid dienone is 4. The summed E-state index contributed by atoms with van der Waals surface area (Å²) in [4.78, 5) is 21.5. The summed E-state index contributed by atoms with van der Waals surface area (Å²) in [5, 5.41) is 12.2. The molecule has 1 aromatic carbocycles. The number of aromatic nitrogens is 2. The molecular formula is C21H21N3O2. The topological polar surface area (TPSA) is 69.2 Å². The number of fused-ring (bicyclic) bond motifs is 3. The molecular weight excluding hydrogens is 326 g/mol. The molecule has 2 heterocycles. The summed E-state index contributed by atoms with van der Waals surface area (Å²) in [7, 11) is 3.85. The number of aromatic amines is 1. The van der Waals surface area contributed by atoms with Crippen LogP contribution in [-0.2, 0) is 0 Å². The molecule has 2 aromatic heterocycles. The van der Waals surface area contributed by atoms with Crippen LogP contribution in [0.5, 0.6) is 5.75 Å². The fourth-order valence-electron chi connectivity index (χ4n) is 3.06. The number of H-pyrrole nitrogens is 1. The summed E-state index contributed by atoms with van der Waals surface area (Å²) in [6.07, 6.45) is 8.89. The third kappa shape index (κ3) is 2.99. The largest absolute Gasteiger partial charge is 0.507 e. The summed E-state index contributed by atoms with van der Waals surface area (Å²) in [5.41, 5.74) is 3.01. The van der Waals surface area contributed by atoms with Gasteiger partial charge >= 0.3 is 0 Å². The second-order valence-electron chi connectivity index (χ2n) is 6.33. The molecule has 2 N–H and O–H groups in total. The SMILES string of the molecule is C=C/C=C(\C=C/N(C)C)c1c(O)cc(C)c2[nH]c(=O)c3ncccc3c12. The minimum atomic E-state index is -0.245. The van der Waals surface area contributed by atoms with E-state index in [2.05, 4.69) is 16.5 Å². The van der Waals surface area contributed by atoms with Crippen LogP contribution >= 0.6 is 0 Å². The third-order valence-corrected chi connectivity index (χ3v) is 4.17. The van der Waals surface area contributed by atoms with Crippen LogP contribution < -0.4 is 5.56 Å². The van der Waals surface area contributed by atoms with Gasteiger partial charge in [0.25, 0.3) is 5.56 Å². The van der Waals surface area contributed by atoms with Crippen molar-refractivity contribution in [3.8, 4) is 5.75 Å². The summed E-state index contributed by atoms with van der Waals surface area (Å²) >= 11 is 0. The average Bonchev–Trinajstić information content (AvgIpc) is 2.60. The van der Waals surface area contributed by atoms with Crippen LogP contribution in [0.15, 0.2) is 60.2 Å². The lowest BCUT2D eigenvalue weighted by Crippen LogP contribution is -2.09. The number of nitrogens with one attached hydrogen (secondary N) is 1. The number of aryl methyl sites for hydroxylation is 1. The molecule has 0 spiro atoms. The van der Waals surface area contributed by atoms with E-state index >= 15 is 0 Å². The highest BCUT2D eigenvalue weighted by Crippen LogP contribution is 2.37. The first kappa shape index (κ1) is 17.5. The van der Waals surface area contributed by atoms with Crippen LogP contribution in [0.2, 0.25) is 0 Å². The molecule has 5 heteroatoms. The van der Waals surface area contributed by atoms with Crippen molar-refractivity contribution in [1.82, 2.24) is 14.9 Å². The molecule has 3 rings (SSSR count). The van der Waals surface area contributed by atoms with Gasteiger partial charge in [-0.15, -0.1) is 0 Å². The van der Waals surface area contributed by atoms with E-state index in [-0.39, 0.29) is 11.3 Å². The van der Waals surface area contributed by atoms with E-state index in [0.29, 0.717) is 22.0 Å². The fraction of sp³-hybridized carbons (Fsp3) is 0.143. The zero-order valence-corrected chi connectivity index (χ0v) is 15.1. The lowest BCUT2D eigenvalue weighted by Gasteiger charge is -2.15. The molecule has 26 heavy (non-hydrogen) atoms. The van der Waals surface area contributed by atoms with Crippen LogP contribution in [0.1, 0.15) is 11.1 Å². The first-order valence-corrected chi connectivity index (χ1v) is 8.25. The van der Waals surface area contributed by atoms with Crippen LogP contribution in [0.25, 0.3) is 27.4 Å². The van der Waals surface area contributed by atoms with Gasteiger partial charge in [0.15, 0.2) is 0 Å². The van der Waals surface area contributed by atoms with Crippen LogP contribution in [-0.4, -0.2) is 34.1 Å². The zero-order chi connectivity index (χ0) is 18.8. The van der Waals surface area contributed by atoms with Gasteiger partial charge in [0.2, 0.25) is 0 Å². The Kier molecular flexibility index (Phi) is 4.63. The maximum Gasteiger partial charge on any atom is 0.274 e. The number of hydrogen-bond donors (Lipinski definition) is 2. The van der Waals surface area contributed by atoms with Crippen molar-refractivity contribution in [3.63, 3.8) is 0 Å². The van der Waals surface area contributed by atoms with Crippen molar-refractivity contribution in [2.24, 2.45) is 0 Å². The number of pyridine rings is 2. The molecule has 0 radical (unpaired) electrons. The predicted octanol–water partition coefficient (Wildman–Crippen LogP) is 3.74. The van der Waals surface area contributed by atoms with Crippen molar-refractivity contribution < 1.29 is 5.11 Å². The maximum atomic E-state index is 12.4. The van der Waals surface area contributed by atoms with Crippen molar-refractivity contribution in [3.05, 3.63) is 76.9 Å². The first-order valence-electron chi connectivity index (χ1n) is 8.25. The van der Waals surface area contributed by atoms with Gasteiger partial charge in [-0.25, -0.2) is 0 Å². The molecule has 0 aliphatic rings. The normalized spacial score (nSPS) is 12.2. The highest BCUT2D eigenvalue weighted by Gasteiger charge is 2.17. The monoisotopic (exact) mass is 347 g/mol. The van der Waals surface area contributed by atoms with Crippen molar-refractivity contribution >= 4 is 27.4 Å². The Labute approximate surface area is 151 Å². The molecule has 0 aliphatic carbocycles. The maximum absolute atomic E-state index is 12.4. The molecule has 3 aromatic rings. The molecule has 0 bridgehead atoms. The number of phenols is 1. The van der Waals surface area contributed by atoms with Gasteiger partial charge in [0.1, 0.15) is 11.3 Å². The number of benzene rings is 1. The smallest absolute Gasteiger partial charge is 0.274 e. The standard InChI is InChI=1S/C21H21N3O2/c1-5-7-14(9-11-24(3)4)17-16(25)12-13(2)19-18(17)15-8-6-10-22-20(15)21(26)23-19/h5-12,25H,1H2,2-4H3,(H,23,26)/b11-9-,14-7+. The van der Waals surface area contributed by atoms with Gasteiger partial charge in [-0.05, 0) is 42.5 Å². The molecule has 0 saturated carbocycles. The van der Waals surface area contributed by atoms with E-state index in [1.54, 1.807) is 24.4 Å². The van der Waals surface area contributed by atoms with Crippen molar-refractivity contribution in [2.75, 3.05) is 14.1 Å². The lowest BCUT2D eigenvalue weighted by molar-refractivity contribution is 0.474. The summed E-state index contributed by atoms with van der Waals surface area (Å²) < 4.78 is 0. The Hall–Kier alpha value is -3.34. The van der Waals surface area contributed by atoms with Crippen molar-refractivity contribution in [2.45, 2.75) is 6.92 Å². The van der Waals surface area contributed by atoms with Gasteiger partial charge in [-0.1, -0.05) is 24.8 Å². The summed E-state index contributed by atoms with van der Waals surface area (Å²) in [6.45, 7) is 5.64. The number of hydrogen-bond acceptors (Lipinski definition) is 4. The van der Waals surface area contributed by atoms with Crippen LogP contribution in [0.3, 0.4) is 0 Å². The molecule has 132 valence electrons. The zero-order valence-electron chi connectivity index (χ0n) is 15.1. The molecule has 0 fully saturated rings. The minimum absolute atomic E-state index is 0.142. The predicted molar refractivity (Wildman–Crippen MR) is 107 cm³/mol. The third-order valence-electron chi connectivity index (χ3n) is 4.17.